The van der Waals surface area contributed by atoms with Gasteiger partial charge in [-0.15, -0.1) is 11.3 Å². The second-order valence-corrected chi connectivity index (χ2v) is 7.21. The SMILES string of the molecule is CCC(COC(=O)c1ccc(N)c(Cl)c1OC)(c1cccs1)N(C)C. The van der Waals surface area contributed by atoms with E-state index in [2.05, 4.69) is 17.9 Å². The van der Waals surface area contributed by atoms with E-state index in [9.17, 15) is 4.79 Å². The standard InChI is InChI=1S/C18H23ClN2O3S/c1-5-18(21(2)3,14-7-6-10-25-14)11-24-17(22)12-8-9-13(20)15(19)16(12)23-4/h6-10H,5,11,20H2,1-4H3. The van der Waals surface area contributed by atoms with Gasteiger partial charge in [0.05, 0.1) is 18.3 Å². The van der Waals surface area contributed by atoms with Crippen LogP contribution in [0.2, 0.25) is 5.02 Å². The van der Waals surface area contributed by atoms with Crippen LogP contribution in [0.3, 0.4) is 0 Å². The number of hydrogen-bond donors (Lipinski definition) is 1. The van der Waals surface area contributed by atoms with E-state index in [1.54, 1.807) is 23.5 Å². The van der Waals surface area contributed by atoms with Crippen molar-refractivity contribution < 1.29 is 14.3 Å². The molecule has 1 heterocycles. The first-order chi connectivity index (χ1) is 11.9. The number of nitrogens with zero attached hydrogens (tertiary/aromatic N) is 1. The normalized spacial score (nSPS) is 13.5. The zero-order valence-corrected chi connectivity index (χ0v) is 16.4. The second-order valence-electron chi connectivity index (χ2n) is 5.88. The molecule has 0 saturated heterocycles. The van der Waals surface area contributed by atoms with Crippen molar-refractivity contribution in [2.75, 3.05) is 33.5 Å². The maximum atomic E-state index is 12.6. The number of methoxy groups -OCH3 is 1. The van der Waals surface area contributed by atoms with E-state index in [4.69, 9.17) is 26.8 Å². The first kappa shape index (κ1) is 19.6. The van der Waals surface area contributed by atoms with Gasteiger partial charge in [0.2, 0.25) is 0 Å². The summed E-state index contributed by atoms with van der Waals surface area (Å²) in [5.41, 5.74) is 6.00. The molecule has 1 aromatic carbocycles. The van der Waals surface area contributed by atoms with Crippen molar-refractivity contribution >= 4 is 34.6 Å². The number of benzene rings is 1. The van der Waals surface area contributed by atoms with Crippen LogP contribution >= 0.6 is 22.9 Å². The minimum Gasteiger partial charge on any atom is -0.494 e. The van der Waals surface area contributed by atoms with Gasteiger partial charge in [-0.1, -0.05) is 24.6 Å². The summed E-state index contributed by atoms with van der Waals surface area (Å²) < 4.78 is 10.9. The van der Waals surface area contributed by atoms with Gasteiger partial charge in [0.15, 0.2) is 5.75 Å². The smallest absolute Gasteiger partial charge is 0.342 e. The van der Waals surface area contributed by atoms with Gasteiger partial charge in [0, 0.05) is 4.88 Å². The molecule has 0 fully saturated rings. The van der Waals surface area contributed by atoms with Gasteiger partial charge in [0.1, 0.15) is 17.2 Å². The molecular weight excluding hydrogens is 360 g/mol. The molecule has 25 heavy (non-hydrogen) atoms. The third-order valence-corrected chi connectivity index (χ3v) is 5.87. The molecule has 0 spiro atoms. The summed E-state index contributed by atoms with van der Waals surface area (Å²) in [7, 11) is 5.41. The van der Waals surface area contributed by atoms with E-state index in [0.717, 1.165) is 11.3 Å². The molecule has 0 aliphatic carbocycles. The summed E-state index contributed by atoms with van der Waals surface area (Å²) in [5.74, 6) is -0.260. The zero-order valence-electron chi connectivity index (χ0n) is 14.8. The molecule has 136 valence electrons. The second kappa shape index (κ2) is 8.08. The average Bonchev–Trinajstić information content (AvgIpc) is 3.12. The highest BCUT2D eigenvalue weighted by molar-refractivity contribution is 7.10. The fourth-order valence-corrected chi connectivity index (χ4v) is 4.06. The Bertz CT molecular complexity index is 734. The monoisotopic (exact) mass is 382 g/mol. The van der Waals surface area contributed by atoms with Gasteiger partial charge >= 0.3 is 5.97 Å². The maximum absolute atomic E-state index is 12.6. The third kappa shape index (κ3) is 3.76. The maximum Gasteiger partial charge on any atom is 0.342 e. The highest BCUT2D eigenvalue weighted by atomic mass is 35.5. The van der Waals surface area contributed by atoms with Crippen LogP contribution in [0.4, 0.5) is 5.69 Å². The number of likely N-dealkylation sites (N-methyl/N-ethyl adjacent to an activating group) is 1. The van der Waals surface area contributed by atoms with Crippen molar-refractivity contribution in [3.63, 3.8) is 0 Å². The fourth-order valence-electron chi connectivity index (χ4n) is 2.75. The van der Waals surface area contributed by atoms with E-state index >= 15 is 0 Å². The van der Waals surface area contributed by atoms with Crippen molar-refractivity contribution in [2.24, 2.45) is 0 Å². The number of carbonyl (C=O) groups is 1. The number of thiophene rings is 1. The summed E-state index contributed by atoms with van der Waals surface area (Å²) in [6.45, 7) is 2.30. The Balaban J connectivity index is 2.27. The van der Waals surface area contributed by atoms with Crippen LogP contribution in [0.15, 0.2) is 29.6 Å². The number of nitrogen functional groups attached to an aromatic ring is 1. The Hall–Kier alpha value is -1.76. The molecule has 5 nitrogen and oxygen atoms in total. The molecular formula is C18H23ClN2O3S. The van der Waals surface area contributed by atoms with E-state index in [-0.39, 0.29) is 28.5 Å². The van der Waals surface area contributed by atoms with Crippen LogP contribution in [0.25, 0.3) is 0 Å². The zero-order chi connectivity index (χ0) is 18.6. The minimum absolute atomic E-state index is 0.213. The number of halogens is 1. The van der Waals surface area contributed by atoms with Crippen molar-refractivity contribution in [2.45, 2.75) is 18.9 Å². The molecule has 7 heteroatoms. The Morgan fingerprint density at radius 1 is 1.36 bits per heavy atom. The highest BCUT2D eigenvalue weighted by Gasteiger charge is 2.36. The largest absolute Gasteiger partial charge is 0.494 e. The number of rotatable bonds is 7. The number of anilines is 1. The van der Waals surface area contributed by atoms with Crippen molar-refractivity contribution in [1.29, 1.82) is 0 Å². The van der Waals surface area contributed by atoms with Crippen molar-refractivity contribution in [3.8, 4) is 5.75 Å². The lowest BCUT2D eigenvalue weighted by Gasteiger charge is -2.38. The number of carbonyl (C=O) groups excluding carboxylic acids is 1. The molecule has 0 radical (unpaired) electrons. The predicted octanol–water partition coefficient (Wildman–Crippen LogP) is 4.02. The Morgan fingerprint density at radius 3 is 2.60 bits per heavy atom. The van der Waals surface area contributed by atoms with Gasteiger partial charge in [0.25, 0.3) is 0 Å². The van der Waals surface area contributed by atoms with Crippen LogP contribution in [-0.4, -0.2) is 38.7 Å². The van der Waals surface area contributed by atoms with Crippen LogP contribution in [-0.2, 0) is 10.3 Å². The van der Waals surface area contributed by atoms with Gasteiger partial charge in [-0.3, -0.25) is 4.90 Å². The van der Waals surface area contributed by atoms with E-state index in [1.165, 1.54) is 7.11 Å². The topological polar surface area (TPSA) is 64.8 Å². The summed E-state index contributed by atoms with van der Waals surface area (Å²) >= 11 is 7.77. The van der Waals surface area contributed by atoms with Crippen LogP contribution in [0.5, 0.6) is 5.75 Å². The third-order valence-electron chi connectivity index (χ3n) is 4.41. The van der Waals surface area contributed by atoms with E-state index in [0.29, 0.717) is 5.69 Å². The van der Waals surface area contributed by atoms with Gasteiger partial charge in [-0.25, -0.2) is 4.79 Å². The molecule has 1 unspecified atom stereocenters. The lowest BCUT2D eigenvalue weighted by Crippen LogP contribution is -2.45. The molecule has 2 N–H and O–H groups in total. The van der Waals surface area contributed by atoms with Crippen LogP contribution < -0.4 is 10.5 Å². The molecule has 0 amide bonds. The van der Waals surface area contributed by atoms with Gasteiger partial charge in [-0.2, -0.15) is 0 Å². The highest BCUT2D eigenvalue weighted by Crippen LogP contribution is 2.36. The number of ether oxygens (including phenoxy) is 2. The van der Waals surface area contributed by atoms with Crippen molar-refractivity contribution in [3.05, 3.63) is 45.1 Å². The lowest BCUT2D eigenvalue weighted by atomic mass is 9.93. The summed E-state index contributed by atoms with van der Waals surface area (Å²) in [6.07, 6.45) is 0.799. The van der Waals surface area contributed by atoms with Crippen molar-refractivity contribution in [1.82, 2.24) is 4.90 Å². The Labute approximate surface area is 157 Å². The quantitative estimate of drug-likeness (QED) is 0.578. The molecule has 0 bridgehead atoms. The molecule has 0 aliphatic heterocycles. The molecule has 2 aromatic rings. The molecule has 1 aromatic heterocycles. The molecule has 1 atom stereocenters. The lowest BCUT2D eigenvalue weighted by molar-refractivity contribution is 0.0129. The number of hydrogen-bond acceptors (Lipinski definition) is 6. The predicted molar refractivity (Wildman–Crippen MR) is 103 cm³/mol. The van der Waals surface area contributed by atoms with Crippen LogP contribution in [0, 0.1) is 0 Å². The van der Waals surface area contributed by atoms with Crippen LogP contribution in [0.1, 0.15) is 28.6 Å². The summed E-state index contributed by atoms with van der Waals surface area (Å²) in [6, 6.07) is 7.19. The van der Waals surface area contributed by atoms with Gasteiger partial charge < -0.3 is 15.2 Å². The minimum atomic E-state index is -0.491. The first-order valence-electron chi connectivity index (χ1n) is 7.88. The summed E-state index contributed by atoms with van der Waals surface area (Å²) in [4.78, 5) is 15.9. The number of nitrogens with two attached hydrogens (primary N) is 1. The Morgan fingerprint density at radius 2 is 2.08 bits per heavy atom. The van der Waals surface area contributed by atoms with E-state index < -0.39 is 5.97 Å². The fraction of sp³-hybridized carbons (Fsp3) is 0.389. The molecule has 2 rings (SSSR count). The molecule has 0 aliphatic rings. The first-order valence-corrected chi connectivity index (χ1v) is 9.13. The van der Waals surface area contributed by atoms with Gasteiger partial charge in [-0.05, 0) is 44.1 Å². The molecule has 0 saturated carbocycles. The summed E-state index contributed by atoms with van der Waals surface area (Å²) in [5, 5.41) is 2.23. The Kier molecular flexibility index (Phi) is 6.32. The average molecular weight is 383 g/mol. The number of esters is 1. The van der Waals surface area contributed by atoms with E-state index in [1.807, 2.05) is 25.5 Å².